The number of nitrogens with one attached hydrogen (secondary N) is 1. The number of hydrogen-bond donors (Lipinski definition) is 4. The van der Waals surface area contributed by atoms with Gasteiger partial charge in [0.25, 0.3) is 5.91 Å². The number of ether oxygens (including phenoxy) is 1. The van der Waals surface area contributed by atoms with E-state index in [4.69, 9.17) is 10.5 Å². The molecule has 0 saturated carbocycles. The van der Waals surface area contributed by atoms with Crippen molar-refractivity contribution < 1.29 is 33.0 Å². The fraction of sp³-hybridized carbons (Fsp3) is 0.304. The quantitative estimate of drug-likeness (QED) is 0.414. The van der Waals surface area contributed by atoms with Gasteiger partial charge in [-0.15, -0.1) is 0 Å². The zero-order chi connectivity index (χ0) is 25.7. The number of phenols is 1. The number of anilines is 1. The van der Waals surface area contributed by atoms with Gasteiger partial charge in [-0.3, -0.25) is 9.52 Å². The molecule has 0 atom stereocenters. The summed E-state index contributed by atoms with van der Waals surface area (Å²) in [5.41, 5.74) is 5.57. The summed E-state index contributed by atoms with van der Waals surface area (Å²) in [4.78, 5) is 24.7. The fourth-order valence-electron chi connectivity index (χ4n) is 4.19. The lowest BCUT2D eigenvalue weighted by atomic mass is 9.79. The normalized spacial score (nSPS) is 12.1. The number of hydrogen-bond acceptors (Lipinski definition) is 6. The SMILES string of the molecule is COc1c(C(N)=O)cc(C(C)(C)C)c(-c2c(C(=O)O)n(C)c3c(O)cccc23)c1NS(C)(=O)=O. The lowest BCUT2D eigenvalue weighted by Crippen LogP contribution is -2.22. The molecule has 2 aromatic carbocycles. The molecular formula is C23H27N3O7S. The second-order valence-corrected chi connectivity index (χ2v) is 10.8. The molecule has 11 heteroatoms. The van der Waals surface area contributed by atoms with Gasteiger partial charge in [-0.1, -0.05) is 32.9 Å². The molecule has 1 heterocycles. The Kier molecular flexibility index (Phi) is 6.04. The van der Waals surface area contributed by atoms with Crippen molar-refractivity contribution >= 4 is 38.5 Å². The summed E-state index contributed by atoms with van der Waals surface area (Å²) in [6.45, 7) is 5.49. The van der Waals surface area contributed by atoms with E-state index in [-0.39, 0.29) is 45.1 Å². The van der Waals surface area contributed by atoms with Gasteiger partial charge >= 0.3 is 5.97 Å². The topological polar surface area (TPSA) is 161 Å². The van der Waals surface area contributed by atoms with E-state index in [9.17, 15) is 28.2 Å². The summed E-state index contributed by atoms with van der Waals surface area (Å²) in [5, 5.41) is 21.0. The highest BCUT2D eigenvalue weighted by Crippen LogP contribution is 2.50. The third-order valence-corrected chi connectivity index (χ3v) is 6.06. The van der Waals surface area contributed by atoms with Gasteiger partial charge in [0.1, 0.15) is 11.4 Å². The summed E-state index contributed by atoms with van der Waals surface area (Å²) in [6, 6.07) is 6.09. The molecule has 0 aliphatic rings. The number of carbonyl (C=O) groups is 2. The second-order valence-electron chi connectivity index (χ2n) is 9.00. The molecule has 0 spiro atoms. The highest BCUT2D eigenvalue weighted by molar-refractivity contribution is 7.92. The number of benzene rings is 2. The number of rotatable bonds is 6. The van der Waals surface area contributed by atoms with Crippen molar-refractivity contribution in [3.63, 3.8) is 0 Å². The van der Waals surface area contributed by atoms with Gasteiger partial charge in [-0.05, 0) is 23.1 Å². The Hall–Kier alpha value is -3.73. The number of fused-ring (bicyclic) bond motifs is 1. The first kappa shape index (κ1) is 24.9. The van der Waals surface area contributed by atoms with E-state index in [0.717, 1.165) is 6.26 Å². The number of carbonyl (C=O) groups excluding carboxylic acids is 1. The minimum atomic E-state index is -3.92. The largest absolute Gasteiger partial charge is 0.506 e. The number of para-hydroxylation sites is 1. The first-order chi connectivity index (χ1) is 15.6. The maximum atomic E-state index is 12.4. The van der Waals surface area contributed by atoms with E-state index in [1.165, 1.54) is 30.9 Å². The number of sulfonamides is 1. The average molecular weight is 490 g/mol. The van der Waals surface area contributed by atoms with Crippen molar-refractivity contribution in [2.24, 2.45) is 12.8 Å². The third kappa shape index (κ3) is 4.14. The van der Waals surface area contributed by atoms with Crippen LogP contribution < -0.4 is 15.2 Å². The van der Waals surface area contributed by atoms with Crippen molar-refractivity contribution in [2.75, 3.05) is 18.1 Å². The smallest absolute Gasteiger partial charge is 0.353 e. The van der Waals surface area contributed by atoms with Crippen molar-refractivity contribution in [3.8, 4) is 22.6 Å². The standard InChI is InChI=1S/C23H27N3O7S/c1-23(2,3)13-10-12(21(24)28)20(33-5)17(25-34(6,31)32)16(13)15-11-8-7-9-14(27)18(11)26(4)19(15)22(29)30/h7-10,25,27H,1-6H3,(H2,24,28)(H,29,30). The van der Waals surface area contributed by atoms with Gasteiger partial charge in [-0.2, -0.15) is 0 Å². The van der Waals surface area contributed by atoms with E-state index < -0.39 is 27.3 Å². The molecule has 0 bridgehead atoms. The van der Waals surface area contributed by atoms with E-state index in [1.807, 2.05) is 20.8 Å². The number of phenolic OH excluding ortho intramolecular Hbond substituents is 1. The van der Waals surface area contributed by atoms with Crippen LogP contribution in [0.5, 0.6) is 11.5 Å². The van der Waals surface area contributed by atoms with E-state index in [0.29, 0.717) is 10.9 Å². The molecule has 0 radical (unpaired) electrons. The molecule has 0 fully saturated rings. The number of aromatic carboxylic acids is 1. The van der Waals surface area contributed by atoms with E-state index in [1.54, 1.807) is 12.1 Å². The molecule has 182 valence electrons. The second kappa shape index (κ2) is 8.24. The zero-order valence-corrected chi connectivity index (χ0v) is 20.5. The van der Waals surface area contributed by atoms with Crippen LogP contribution in [0.25, 0.3) is 22.0 Å². The maximum Gasteiger partial charge on any atom is 0.353 e. The zero-order valence-electron chi connectivity index (χ0n) is 19.7. The number of aromatic nitrogens is 1. The third-order valence-electron chi connectivity index (χ3n) is 5.49. The molecule has 1 amide bonds. The molecule has 5 N–H and O–H groups in total. The monoisotopic (exact) mass is 489 g/mol. The summed E-state index contributed by atoms with van der Waals surface area (Å²) < 4.78 is 33.9. The van der Waals surface area contributed by atoms with Crippen LogP contribution in [0.15, 0.2) is 24.3 Å². The Morgan fingerprint density at radius 1 is 1.18 bits per heavy atom. The number of nitrogens with two attached hydrogens (primary N) is 1. The Balaban J connectivity index is 2.74. The molecule has 0 aliphatic heterocycles. The molecule has 3 aromatic rings. The van der Waals surface area contributed by atoms with Gasteiger partial charge < -0.3 is 25.3 Å². The number of primary amides is 1. The first-order valence-corrected chi connectivity index (χ1v) is 12.1. The Morgan fingerprint density at radius 2 is 1.79 bits per heavy atom. The Morgan fingerprint density at radius 3 is 2.26 bits per heavy atom. The van der Waals surface area contributed by atoms with Crippen LogP contribution in [-0.4, -0.2) is 48.4 Å². The van der Waals surface area contributed by atoms with Crippen LogP contribution in [0, 0.1) is 0 Å². The minimum absolute atomic E-state index is 0.0673. The molecule has 0 unspecified atom stereocenters. The first-order valence-electron chi connectivity index (χ1n) is 10.2. The number of nitrogens with zero attached hydrogens (tertiary/aromatic N) is 1. The lowest BCUT2D eigenvalue weighted by Gasteiger charge is -2.28. The summed E-state index contributed by atoms with van der Waals surface area (Å²) >= 11 is 0. The van der Waals surface area contributed by atoms with Crippen molar-refractivity contribution in [2.45, 2.75) is 26.2 Å². The Labute approximate surface area is 197 Å². The summed E-state index contributed by atoms with van der Waals surface area (Å²) in [6.07, 6.45) is 0.928. The molecule has 1 aromatic heterocycles. The van der Waals surface area contributed by atoms with E-state index in [2.05, 4.69) is 4.72 Å². The van der Waals surface area contributed by atoms with Crippen LogP contribution >= 0.6 is 0 Å². The fourth-order valence-corrected chi connectivity index (χ4v) is 4.76. The highest BCUT2D eigenvalue weighted by Gasteiger charge is 2.34. The van der Waals surface area contributed by atoms with Crippen molar-refractivity contribution in [1.29, 1.82) is 0 Å². The van der Waals surface area contributed by atoms with Gasteiger partial charge in [0.05, 0.1) is 30.1 Å². The Bertz CT molecular complexity index is 1450. The lowest BCUT2D eigenvalue weighted by molar-refractivity contribution is 0.0687. The van der Waals surface area contributed by atoms with E-state index >= 15 is 0 Å². The molecule has 3 rings (SSSR count). The number of aromatic hydroxyl groups is 1. The molecule has 34 heavy (non-hydrogen) atoms. The van der Waals surface area contributed by atoms with Crippen LogP contribution in [0.3, 0.4) is 0 Å². The minimum Gasteiger partial charge on any atom is -0.506 e. The number of amides is 1. The van der Waals surface area contributed by atoms with Gasteiger partial charge in [-0.25, -0.2) is 13.2 Å². The number of carboxylic acid groups (broad SMARTS) is 1. The number of aryl methyl sites for hydroxylation is 1. The molecule has 0 saturated heterocycles. The van der Waals surface area contributed by atoms with Crippen molar-refractivity contribution in [1.82, 2.24) is 4.57 Å². The summed E-state index contributed by atoms with van der Waals surface area (Å²) in [5.74, 6) is -2.44. The number of carboxylic acids is 1. The molecule has 0 aliphatic carbocycles. The average Bonchev–Trinajstić information content (AvgIpc) is 2.98. The molecule has 10 nitrogen and oxygen atoms in total. The number of methoxy groups -OCH3 is 1. The van der Waals surface area contributed by atoms with Crippen LogP contribution in [0.4, 0.5) is 5.69 Å². The molecular weight excluding hydrogens is 462 g/mol. The van der Waals surface area contributed by atoms with Crippen LogP contribution in [0.2, 0.25) is 0 Å². The van der Waals surface area contributed by atoms with Gasteiger partial charge in [0.15, 0.2) is 5.75 Å². The summed E-state index contributed by atoms with van der Waals surface area (Å²) in [7, 11) is -1.18. The predicted molar refractivity (Wildman–Crippen MR) is 129 cm³/mol. The van der Waals surface area contributed by atoms with Gasteiger partial charge in [0, 0.05) is 23.6 Å². The predicted octanol–water partition coefficient (Wildman–Crippen LogP) is 3.03. The maximum absolute atomic E-state index is 12.4. The van der Waals surface area contributed by atoms with Crippen molar-refractivity contribution in [3.05, 3.63) is 41.1 Å². The van der Waals surface area contributed by atoms with Crippen LogP contribution in [-0.2, 0) is 22.5 Å². The van der Waals surface area contributed by atoms with Gasteiger partial charge in [0.2, 0.25) is 10.0 Å². The highest BCUT2D eigenvalue weighted by atomic mass is 32.2. The van der Waals surface area contributed by atoms with Crippen LogP contribution in [0.1, 0.15) is 47.2 Å².